The lowest BCUT2D eigenvalue weighted by Gasteiger charge is -2.07. The second-order valence-corrected chi connectivity index (χ2v) is 4.69. The molecule has 1 heterocycles. The van der Waals surface area contributed by atoms with Crippen LogP contribution >= 0.6 is 11.3 Å². The third kappa shape index (κ3) is 2.88. The van der Waals surface area contributed by atoms with Gasteiger partial charge in [0.15, 0.2) is 0 Å². The molecule has 0 aliphatic rings. The Morgan fingerprint density at radius 3 is 2.72 bits per heavy atom. The first-order valence-corrected chi connectivity index (χ1v) is 6.21. The normalized spacial score (nSPS) is 11.8. The number of nitrogens with two attached hydrogens (primary N) is 1. The van der Waals surface area contributed by atoms with Crippen molar-refractivity contribution in [1.82, 2.24) is 4.98 Å². The molecule has 0 radical (unpaired) electrons. The number of nitrogens with zero attached hydrogens (tertiary/aromatic N) is 1. The Morgan fingerprint density at radius 1 is 1.28 bits per heavy atom. The topological polar surface area (TPSA) is 38.9 Å². The van der Waals surface area contributed by atoms with Gasteiger partial charge in [-0.25, -0.2) is 4.98 Å². The first kappa shape index (κ1) is 13.0. The highest BCUT2D eigenvalue weighted by molar-refractivity contribution is 7.09. The summed E-state index contributed by atoms with van der Waals surface area (Å²) in [6.07, 6.45) is -3.68. The van der Waals surface area contributed by atoms with Crippen LogP contribution in [0.1, 0.15) is 10.6 Å². The minimum absolute atomic E-state index is 0.476. The van der Waals surface area contributed by atoms with Gasteiger partial charge in [-0.15, -0.1) is 11.3 Å². The van der Waals surface area contributed by atoms with Gasteiger partial charge in [-0.2, -0.15) is 13.2 Å². The van der Waals surface area contributed by atoms with Crippen LogP contribution in [0.15, 0.2) is 29.6 Å². The van der Waals surface area contributed by atoms with Gasteiger partial charge >= 0.3 is 6.18 Å². The van der Waals surface area contributed by atoms with Crippen molar-refractivity contribution >= 4 is 11.3 Å². The van der Waals surface area contributed by atoms with E-state index >= 15 is 0 Å². The van der Waals surface area contributed by atoms with Crippen LogP contribution in [-0.4, -0.2) is 11.5 Å². The minimum Gasteiger partial charge on any atom is -0.330 e. The first-order valence-electron chi connectivity index (χ1n) is 5.33. The largest absolute Gasteiger partial charge is 0.416 e. The van der Waals surface area contributed by atoms with E-state index in [1.54, 1.807) is 11.4 Å². The number of hydrogen-bond donors (Lipinski definition) is 1. The number of hydrogen-bond acceptors (Lipinski definition) is 3. The number of thiazole rings is 1. The second-order valence-electron chi connectivity index (χ2n) is 3.74. The Hall–Kier alpha value is -1.40. The summed E-state index contributed by atoms with van der Waals surface area (Å²) in [5, 5.41) is 2.59. The van der Waals surface area contributed by atoms with E-state index in [1.165, 1.54) is 17.4 Å². The highest BCUT2D eigenvalue weighted by Crippen LogP contribution is 2.32. The minimum atomic E-state index is -4.33. The second kappa shape index (κ2) is 5.07. The molecule has 0 aliphatic carbocycles. The molecular weight excluding hydrogens is 261 g/mol. The number of rotatable bonds is 3. The zero-order valence-corrected chi connectivity index (χ0v) is 10.2. The van der Waals surface area contributed by atoms with E-state index in [2.05, 4.69) is 4.98 Å². The van der Waals surface area contributed by atoms with Crippen molar-refractivity contribution in [3.05, 3.63) is 40.2 Å². The molecule has 0 unspecified atom stereocenters. The molecule has 0 saturated heterocycles. The van der Waals surface area contributed by atoms with Gasteiger partial charge in [-0.1, -0.05) is 12.1 Å². The third-order valence-electron chi connectivity index (χ3n) is 2.40. The van der Waals surface area contributed by atoms with Crippen LogP contribution in [0, 0.1) is 0 Å². The van der Waals surface area contributed by atoms with Crippen molar-refractivity contribution in [2.24, 2.45) is 5.73 Å². The van der Waals surface area contributed by atoms with E-state index in [1.807, 2.05) is 0 Å². The van der Waals surface area contributed by atoms with Crippen molar-refractivity contribution < 1.29 is 13.2 Å². The quantitative estimate of drug-likeness (QED) is 0.930. The standard InChI is InChI=1S/C12H11F3N2S/c13-12(14,15)9-3-1-2-8(6-9)10-7-18-11(17-10)4-5-16/h1-3,6-7H,4-5,16H2. The highest BCUT2D eigenvalue weighted by Gasteiger charge is 2.30. The molecule has 2 aromatic rings. The van der Waals surface area contributed by atoms with Crippen LogP contribution in [-0.2, 0) is 12.6 Å². The Labute approximate surface area is 106 Å². The molecule has 0 aliphatic heterocycles. The maximum Gasteiger partial charge on any atom is 0.416 e. The van der Waals surface area contributed by atoms with E-state index in [9.17, 15) is 13.2 Å². The van der Waals surface area contributed by atoms with E-state index in [4.69, 9.17) is 5.73 Å². The number of halogens is 3. The van der Waals surface area contributed by atoms with Crippen LogP contribution in [0.4, 0.5) is 13.2 Å². The molecule has 0 amide bonds. The van der Waals surface area contributed by atoms with Crippen LogP contribution in [0.2, 0.25) is 0 Å². The van der Waals surface area contributed by atoms with Crippen molar-refractivity contribution in [2.45, 2.75) is 12.6 Å². The molecule has 1 aromatic carbocycles. The zero-order chi connectivity index (χ0) is 13.2. The van der Waals surface area contributed by atoms with E-state index in [0.29, 0.717) is 24.2 Å². The van der Waals surface area contributed by atoms with E-state index < -0.39 is 11.7 Å². The van der Waals surface area contributed by atoms with Crippen LogP contribution in [0.25, 0.3) is 11.3 Å². The first-order chi connectivity index (χ1) is 8.50. The van der Waals surface area contributed by atoms with Gasteiger partial charge in [0, 0.05) is 17.4 Å². The fourth-order valence-corrected chi connectivity index (χ4v) is 2.36. The molecule has 96 valence electrons. The van der Waals surface area contributed by atoms with Gasteiger partial charge in [0.05, 0.1) is 16.3 Å². The maximum atomic E-state index is 12.6. The van der Waals surface area contributed by atoms with Crippen LogP contribution in [0.3, 0.4) is 0 Å². The van der Waals surface area contributed by atoms with Gasteiger partial charge in [0.2, 0.25) is 0 Å². The molecule has 2 N–H and O–H groups in total. The summed E-state index contributed by atoms with van der Waals surface area (Å²) < 4.78 is 37.7. The van der Waals surface area contributed by atoms with Crippen molar-refractivity contribution in [3.8, 4) is 11.3 Å². The third-order valence-corrected chi connectivity index (χ3v) is 3.30. The molecule has 0 fully saturated rings. The van der Waals surface area contributed by atoms with E-state index in [0.717, 1.165) is 17.1 Å². The summed E-state index contributed by atoms with van der Waals surface area (Å²) in [5.74, 6) is 0. The SMILES string of the molecule is NCCc1nc(-c2cccc(C(F)(F)F)c2)cs1. The zero-order valence-electron chi connectivity index (χ0n) is 9.37. The Kier molecular flexibility index (Phi) is 3.68. The van der Waals surface area contributed by atoms with Crippen molar-refractivity contribution in [3.63, 3.8) is 0 Å². The molecule has 0 spiro atoms. The van der Waals surface area contributed by atoms with E-state index in [-0.39, 0.29) is 0 Å². The summed E-state index contributed by atoms with van der Waals surface area (Å²) in [6.45, 7) is 0.482. The van der Waals surface area contributed by atoms with Gasteiger partial charge in [0.1, 0.15) is 0 Å². The average molecular weight is 272 g/mol. The number of aromatic nitrogens is 1. The molecule has 18 heavy (non-hydrogen) atoms. The number of benzene rings is 1. The Morgan fingerprint density at radius 2 is 2.06 bits per heavy atom. The summed E-state index contributed by atoms with van der Waals surface area (Å²) in [6, 6.07) is 5.18. The highest BCUT2D eigenvalue weighted by atomic mass is 32.1. The summed E-state index contributed by atoms with van der Waals surface area (Å²) in [7, 11) is 0. The van der Waals surface area contributed by atoms with Gasteiger partial charge in [-0.05, 0) is 18.7 Å². The molecule has 6 heteroatoms. The van der Waals surface area contributed by atoms with Crippen molar-refractivity contribution in [1.29, 1.82) is 0 Å². The lowest BCUT2D eigenvalue weighted by molar-refractivity contribution is -0.137. The summed E-state index contributed by atoms with van der Waals surface area (Å²) in [5.41, 5.74) is 5.79. The summed E-state index contributed by atoms with van der Waals surface area (Å²) in [4.78, 5) is 4.26. The average Bonchev–Trinajstić information content (AvgIpc) is 2.77. The lowest BCUT2D eigenvalue weighted by Crippen LogP contribution is -2.04. The molecule has 0 bridgehead atoms. The molecule has 2 nitrogen and oxygen atoms in total. The monoisotopic (exact) mass is 272 g/mol. The Balaban J connectivity index is 2.32. The molecule has 0 atom stereocenters. The molecular formula is C12H11F3N2S. The van der Waals surface area contributed by atoms with Crippen LogP contribution in [0.5, 0.6) is 0 Å². The van der Waals surface area contributed by atoms with Crippen molar-refractivity contribution in [2.75, 3.05) is 6.54 Å². The van der Waals surface area contributed by atoms with Gasteiger partial charge < -0.3 is 5.73 Å². The van der Waals surface area contributed by atoms with Crippen LogP contribution < -0.4 is 5.73 Å². The number of alkyl halides is 3. The lowest BCUT2D eigenvalue weighted by atomic mass is 10.1. The fraction of sp³-hybridized carbons (Fsp3) is 0.250. The molecule has 0 saturated carbocycles. The maximum absolute atomic E-state index is 12.6. The van der Waals surface area contributed by atoms with Gasteiger partial charge in [-0.3, -0.25) is 0 Å². The molecule has 2 rings (SSSR count). The fourth-order valence-electron chi connectivity index (χ4n) is 1.54. The van der Waals surface area contributed by atoms with Gasteiger partial charge in [0.25, 0.3) is 0 Å². The predicted molar refractivity (Wildman–Crippen MR) is 65.3 cm³/mol. The summed E-state index contributed by atoms with van der Waals surface area (Å²) >= 11 is 1.41. The predicted octanol–water partition coefficient (Wildman–Crippen LogP) is 3.33. The Bertz CT molecular complexity index is 534. The molecule has 1 aromatic heterocycles. The smallest absolute Gasteiger partial charge is 0.330 e.